The number of carbonyl (C=O) groups is 2. The Bertz CT molecular complexity index is 1980. The zero-order valence-electron chi connectivity index (χ0n) is 38.2. The molecule has 0 bridgehead atoms. The normalized spacial score (nSPS) is 14.2. The third kappa shape index (κ3) is 17.6. The first-order valence-corrected chi connectivity index (χ1v) is 28.7. The van der Waals surface area contributed by atoms with E-state index in [0.717, 1.165) is 34.5 Å². The Balaban J connectivity index is 0.000000321. The SMILES string of the molecule is C.CCOC(=O)c1nc(-c2ccnc(C)c2)cn1COCC[Si](C)(C)C.CCOC(=O)c1nc(Br)cn1COCC[Si](C)(C)C.Cc1cc(B2OC(C)(C)C(C)(C)O2)ccn1. The first-order valence-electron chi connectivity index (χ1n) is 20.5. The number of ether oxygens (including phenoxy) is 4. The first kappa shape index (κ1) is 53.6. The summed E-state index contributed by atoms with van der Waals surface area (Å²) in [7, 11) is -2.52. The summed E-state index contributed by atoms with van der Waals surface area (Å²) in [5, 5.41) is 0. The predicted octanol–water partition coefficient (Wildman–Crippen LogP) is 9.20. The summed E-state index contributed by atoms with van der Waals surface area (Å²) in [5.41, 5.74) is 3.97. The van der Waals surface area contributed by atoms with Crippen molar-refractivity contribution >= 4 is 56.6 Å². The summed E-state index contributed by atoms with van der Waals surface area (Å²) >= 11 is 3.25. The van der Waals surface area contributed by atoms with Crippen molar-refractivity contribution in [1.29, 1.82) is 0 Å². The van der Waals surface area contributed by atoms with E-state index in [-0.39, 0.29) is 44.1 Å². The van der Waals surface area contributed by atoms with E-state index in [2.05, 4.69) is 103 Å². The third-order valence-corrected chi connectivity index (χ3v) is 13.3. The number of pyridine rings is 2. The van der Waals surface area contributed by atoms with Gasteiger partial charge in [0.2, 0.25) is 11.6 Å². The van der Waals surface area contributed by atoms with Gasteiger partial charge in [-0.05, 0) is 113 Å². The smallest absolute Gasteiger partial charge is 0.460 e. The minimum absolute atomic E-state index is 0. The number of hydrogen-bond acceptors (Lipinski definition) is 12. The average molecular weight is 946 g/mol. The van der Waals surface area contributed by atoms with Crippen LogP contribution in [0.1, 0.15) is 81.6 Å². The molecule has 5 heterocycles. The Hall–Kier alpha value is -3.52. The van der Waals surface area contributed by atoms with Gasteiger partial charge in [0.15, 0.2) is 0 Å². The highest BCUT2D eigenvalue weighted by Gasteiger charge is 2.51. The van der Waals surface area contributed by atoms with E-state index in [1.165, 1.54) is 0 Å². The summed E-state index contributed by atoms with van der Waals surface area (Å²) < 4.78 is 37.3. The second kappa shape index (κ2) is 23.8. The van der Waals surface area contributed by atoms with E-state index < -0.39 is 28.1 Å². The van der Waals surface area contributed by atoms with Gasteiger partial charge in [-0.2, -0.15) is 0 Å². The highest BCUT2D eigenvalue weighted by Crippen LogP contribution is 2.36. The second-order valence-electron chi connectivity index (χ2n) is 17.9. The lowest BCUT2D eigenvalue weighted by atomic mass is 9.79. The van der Waals surface area contributed by atoms with Gasteiger partial charge < -0.3 is 37.4 Å². The molecule has 0 aliphatic carbocycles. The van der Waals surface area contributed by atoms with Gasteiger partial charge in [0.05, 0.1) is 30.1 Å². The molecule has 18 heteroatoms. The molecule has 0 atom stereocenters. The zero-order chi connectivity index (χ0) is 44.9. The van der Waals surface area contributed by atoms with Gasteiger partial charge in [0.25, 0.3) is 0 Å². The predicted molar refractivity (Wildman–Crippen MR) is 252 cm³/mol. The number of rotatable bonds is 16. The molecule has 1 fully saturated rings. The topological polar surface area (TPSA) is 151 Å². The summed E-state index contributed by atoms with van der Waals surface area (Å²) in [6.45, 7) is 32.1. The van der Waals surface area contributed by atoms with Crippen LogP contribution in [-0.4, -0.2) is 102 Å². The monoisotopic (exact) mass is 944 g/mol. The molecule has 0 N–H and O–H groups in total. The maximum absolute atomic E-state index is 12.2. The molecule has 1 saturated heterocycles. The fourth-order valence-electron chi connectivity index (χ4n) is 5.33. The first-order chi connectivity index (χ1) is 27.9. The Labute approximate surface area is 375 Å². The lowest BCUT2D eigenvalue weighted by Gasteiger charge is -2.32. The molecule has 1 aliphatic rings. The lowest BCUT2D eigenvalue weighted by molar-refractivity contribution is 0.00578. The van der Waals surface area contributed by atoms with Crippen molar-refractivity contribution in [2.24, 2.45) is 0 Å². The van der Waals surface area contributed by atoms with Crippen LogP contribution in [0, 0.1) is 13.8 Å². The Morgan fingerprint density at radius 2 is 1.20 bits per heavy atom. The average Bonchev–Trinajstić information content (AvgIpc) is 3.81. The number of imidazole rings is 2. The number of esters is 2. The molecule has 5 rings (SSSR count). The molecule has 0 spiro atoms. The van der Waals surface area contributed by atoms with Crippen LogP contribution in [-0.2, 0) is 41.7 Å². The maximum atomic E-state index is 12.2. The van der Waals surface area contributed by atoms with E-state index in [0.29, 0.717) is 43.5 Å². The molecule has 0 unspecified atom stereocenters. The molecular formula is C43H70BBrN6O8Si2. The van der Waals surface area contributed by atoms with Crippen LogP contribution in [0.3, 0.4) is 0 Å². The van der Waals surface area contributed by atoms with Crippen molar-refractivity contribution < 1.29 is 37.8 Å². The van der Waals surface area contributed by atoms with E-state index in [4.69, 9.17) is 28.3 Å². The molecule has 4 aromatic heterocycles. The highest BCUT2D eigenvalue weighted by atomic mass is 79.9. The van der Waals surface area contributed by atoms with Crippen molar-refractivity contribution in [1.82, 2.24) is 29.1 Å². The fraction of sp³-hybridized carbons (Fsp3) is 0.581. The molecule has 338 valence electrons. The number of carbonyl (C=O) groups excluding carboxylic acids is 2. The van der Waals surface area contributed by atoms with Crippen molar-refractivity contribution in [2.45, 2.75) is 139 Å². The number of hydrogen-bond donors (Lipinski definition) is 0. The van der Waals surface area contributed by atoms with Crippen LogP contribution in [0.5, 0.6) is 0 Å². The fourth-order valence-corrected chi connectivity index (χ4v) is 7.26. The maximum Gasteiger partial charge on any atom is 0.494 e. The molecule has 14 nitrogen and oxygen atoms in total. The van der Waals surface area contributed by atoms with Crippen molar-refractivity contribution in [3.05, 3.63) is 76.7 Å². The molecule has 0 radical (unpaired) electrons. The van der Waals surface area contributed by atoms with Gasteiger partial charge in [-0.15, -0.1) is 0 Å². The number of nitrogens with zero attached hydrogens (tertiary/aromatic N) is 6. The molecule has 0 saturated carbocycles. The van der Waals surface area contributed by atoms with E-state index in [9.17, 15) is 9.59 Å². The van der Waals surface area contributed by atoms with Crippen molar-refractivity contribution in [3.63, 3.8) is 0 Å². The Morgan fingerprint density at radius 3 is 1.66 bits per heavy atom. The molecule has 4 aromatic rings. The standard InChI is InChI=1S/C18H27N3O3Si.C12H18BNO2.C12H21BrN2O3Si.CH4/c1-6-24-18(22)17-20-16(15-7-8-19-14(2)11-15)12-21(17)13-23-9-10-25(3,4)5;1-9-8-10(6-7-14-9)13-15-11(2,3)12(4,5)16-13;1-5-18-12(16)11-14-10(13)8-15(11)9-17-6-7-19(2,3)4;/h7-8,11-12H,6,9-10,13H2,1-5H3;6-8H,1-5H3;8H,5-7,9H2,1-4H3;1H4. The number of halogens is 1. The van der Waals surface area contributed by atoms with E-state index in [1.54, 1.807) is 41.6 Å². The third-order valence-electron chi connectivity index (χ3n) is 9.53. The molecule has 61 heavy (non-hydrogen) atoms. The molecule has 1 aliphatic heterocycles. The summed E-state index contributed by atoms with van der Waals surface area (Å²) in [4.78, 5) is 40.8. The second-order valence-corrected chi connectivity index (χ2v) is 30.0. The molecule has 0 aromatic carbocycles. The Kier molecular flexibility index (Phi) is 20.9. The van der Waals surface area contributed by atoms with Crippen molar-refractivity contribution in [2.75, 3.05) is 26.4 Å². The zero-order valence-corrected chi connectivity index (χ0v) is 41.8. The van der Waals surface area contributed by atoms with Gasteiger partial charge in [-0.25, -0.2) is 19.6 Å². The lowest BCUT2D eigenvalue weighted by Crippen LogP contribution is -2.41. The van der Waals surface area contributed by atoms with Gasteiger partial charge in [-0.3, -0.25) is 9.97 Å². The minimum atomic E-state index is -1.15. The van der Waals surface area contributed by atoms with E-state index in [1.807, 2.05) is 44.3 Å². The molecule has 0 amide bonds. The van der Waals surface area contributed by atoms with Gasteiger partial charge >= 0.3 is 19.1 Å². The number of aromatic nitrogens is 6. The van der Waals surface area contributed by atoms with E-state index >= 15 is 0 Å². The number of aryl methyl sites for hydroxylation is 2. The Morgan fingerprint density at radius 1 is 0.738 bits per heavy atom. The van der Waals surface area contributed by atoms with Crippen LogP contribution < -0.4 is 5.46 Å². The van der Waals surface area contributed by atoms with Gasteiger partial charge in [0, 0.05) is 71.1 Å². The summed E-state index contributed by atoms with van der Waals surface area (Å²) in [6, 6.07) is 9.93. The molecular weight excluding hydrogens is 875 g/mol. The summed E-state index contributed by atoms with van der Waals surface area (Å²) in [5.74, 6) is -0.337. The highest BCUT2D eigenvalue weighted by molar-refractivity contribution is 9.10. The van der Waals surface area contributed by atoms with Crippen molar-refractivity contribution in [3.8, 4) is 11.3 Å². The van der Waals surface area contributed by atoms with Crippen LogP contribution in [0.25, 0.3) is 11.3 Å². The quantitative estimate of drug-likeness (QED) is 0.0599. The van der Waals surface area contributed by atoms with Crippen LogP contribution in [0.4, 0.5) is 0 Å². The largest absolute Gasteiger partial charge is 0.494 e. The van der Waals surface area contributed by atoms with Gasteiger partial charge in [-0.1, -0.05) is 46.7 Å². The van der Waals surface area contributed by atoms with Crippen LogP contribution >= 0.6 is 15.9 Å². The van der Waals surface area contributed by atoms with Gasteiger partial charge in [0.1, 0.15) is 18.1 Å². The van der Waals surface area contributed by atoms with Crippen LogP contribution in [0.2, 0.25) is 51.4 Å². The summed E-state index contributed by atoms with van der Waals surface area (Å²) in [6.07, 6.45) is 7.07. The van der Waals surface area contributed by atoms with Crippen LogP contribution in [0.15, 0.2) is 53.7 Å². The minimum Gasteiger partial charge on any atom is -0.460 e.